The molecule has 0 heterocycles. The van der Waals surface area contributed by atoms with Gasteiger partial charge >= 0.3 is 5.97 Å². The molecule has 0 fully saturated rings. The molecule has 1 amide bonds. The van der Waals surface area contributed by atoms with E-state index in [4.69, 9.17) is 9.47 Å². The third-order valence-corrected chi connectivity index (χ3v) is 6.06. The van der Waals surface area contributed by atoms with Gasteiger partial charge in [0.05, 0.1) is 18.4 Å². The Kier molecular flexibility index (Phi) is 15.5. The number of amides is 1. The van der Waals surface area contributed by atoms with E-state index in [1.54, 1.807) is 54.7 Å². The third kappa shape index (κ3) is 13.7. The maximum atomic E-state index is 12.4. The third-order valence-electron chi connectivity index (χ3n) is 6.06. The number of hydrogen-bond donors (Lipinski definition) is 1. The molecule has 0 saturated carbocycles. The molecule has 0 radical (unpaired) electrons. The van der Waals surface area contributed by atoms with Gasteiger partial charge in [-0.15, -0.1) is 0 Å². The second-order valence-electron chi connectivity index (χ2n) is 9.41. The van der Waals surface area contributed by atoms with Crippen molar-refractivity contribution in [3.8, 4) is 11.5 Å². The van der Waals surface area contributed by atoms with Gasteiger partial charge in [0.1, 0.15) is 11.5 Å². The lowest BCUT2D eigenvalue weighted by molar-refractivity contribution is -0.121. The molecule has 6 nitrogen and oxygen atoms in total. The molecule has 0 aliphatic rings. The molecular weight excluding hydrogens is 464 g/mol. The van der Waals surface area contributed by atoms with Crippen molar-refractivity contribution in [2.24, 2.45) is 5.10 Å². The fourth-order valence-corrected chi connectivity index (χ4v) is 3.88. The second kappa shape index (κ2) is 19.0. The molecule has 2 aromatic carbocycles. The maximum absolute atomic E-state index is 12.4. The van der Waals surface area contributed by atoms with Gasteiger partial charge in [0.25, 0.3) is 0 Å². The number of ether oxygens (including phenoxy) is 2. The van der Waals surface area contributed by atoms with Crippen LogP contribution in [0.15, 0.2) is 53.6 Å². The van der Waals surface area contributed by atoms with Crippen LogP contribution in [0.1, 0.15) is 113 Å². The summed E-state index contributed by atoms with van der Waals surface area (Å²) in [5.74, 6) is 0.670. The molecule has 0 spiro atoms. The Labute approximate surface area is 222 Å². The molecule has 1 N–H and O–H groups in total. The quantitative estimate of drug-likeness (QED) is 0.0689. The van der Waals surface area contributed by atoms with Crippen molar-refractivity contribution in [1.29, 1.82) is 0 Å². The first-order valence-electron chi connectivity index (χ1n) is 14.0. The Morgan fingerprint density at radius 2 is 1.30 bits per heavy atom. The summed E-state index contributed by atoms with van der Waals surface area (Å²) in [7, 11) is 0. The number of carbonyl (C=O) groups excluding carboxylic acids is 2. The molecule has 0 aliphatic carbocycles. The number of nitrogens with zero attached hydrogens (tertiary/aromatic N) is 1. The Hall–Kier alpha value is -3.15. The summed E-state index contributed by atoms with van der Waals surface area (Å²) in [6.45, 7) is 4.93. The average molecular weight is 509 g/mol. The predicted molar refractivity (Wildman–Crippen MR) is 150 cm³/mol. The summed E-state index contributed by atoms with van der Waals surface area (Å²) in [4.78, 5) is 24.3. The standard InChI is InChI=1S/C31H44N2O4/c1-3-5-6-7-8-9-10-11-12-13-14-15-30(34)33-32-25-26-16-20-29(21-17-26)37-31(35)27-18-22-28(23-19-27)36-24-4-2/h16-23,25H,3-15,24H2,1-2H3,(H,33,34)/b32-25+. The number of benzene rings is 2. The van der Waals surface area contributed by atoms with Crippen LogP contribution in [0.5, 0.6) is 11.5 Å². The zero-order valence-electron chi connectivity index (χ0n) is 22.7. The first-order valence-corrected chi connectivity index (χ1v) is 14.0. The van der Waals surface area contributed by atoms with Gasteiger partial charge < -0.3 is 9.47 Å². The first-order chi connectivity index (χ1) is 18.1. The maximum Gasteiger partial charge on any atom is 0.343 e. The summed E-state index contributed by atoms with van der Waals surface area (Å²) < 4.78 is 11.0. The van der Waals surface area contributed by atoms with Crippen LogP contribution >= 0.6 is 0 Å². The van der Waals surface area contributed by atoms with E-state index in [0.29, 0.717) is 24.3 Å². The number of hydrazone groups is 1. The lowest BCUT2D eigenvalue weighted by atomic mass is 10.1. The second-order valence-corrected chi connectivity index (χ2v) is 9.41. The van der Waals surface area contributed by atoms with Crippen LogP contribution in [0.25, 0.3) is 0 Å². The fraction of sp³-hybridized carbons (Fsp3) is 0.516. The van der Waals surface area contributed by atoms with Crippen molar-refractivity contribution in [2.75, 3.05) is 6.61 Å². The minimum atomic E-state index is -0.432. The highest BCUT2D eigenvalue weighted by Crippen LogP contribution is 2.17. The molecule has 202 valence electrons. The lowest BCUT2D eigenvalue weighted by Crippen LogP contribution is -2.16. The SMILES string of the molecule is CCCCCCCCCCCCCC(=O)N/N=C/c1ccc(OC(=O)c2ccc(OCCC)cc2)cc1. The molecule has 0 unspecified atom stereocenters. The largest absolute Gasteiger partial charge is 0.494 e. The van der Waals surface area contributed by atoms with Crippen LogP contribution in [0.2, 0.25) is 0 Å². The molecule has 0 saturated heterocycles. The molecule has 0 bridgehead atoms. The number of hydrogen-bond acceptors (Lipinski definition) is 5. The monoisotopic (exact) mass is 508 g/mol. The number of rotatable bonds is 19. The molecule has 0 aromatic heterocycles. The summed E-state index contributed by atoms with van der Waals surface area (Å²) >= 11 is 0. The molecule has 2 rings (SSSR count). The van der Waals surface area contributed by atoms with Gasteiger partial charge in [0, 0.05) is 6.42 Å². The minimum absolute atomic E-state index is 0.0659. The molecule has 0 aliphatic heterocycles. The summed E-state index contributed by atoms with van der Waals surface area (Å²) in [5, 5.41) is 4.03. The van der Waals surface area contributed by atoms with Crippen LogP contribution in [-0.4, -0.2) is 24.7 Å². The predicted octanol–water partition coefficient (Wildman–Crippen LogP) is 7.85. The summed E-state index contributed by atoms with van der Waals surface area (Å²) in [5.41, 5.74) is 3.84. The molecule has 6 heteroatoms. The van der Waals surface area contributed by atoms with E-state index in [2.05, 4.69) is 17.5 Å². The smallest absolute Gasteiger partial charge is 0.343 e. The van der Waals surface area contributed by atoms with Gasteiger partial charge in [-0.1, -0.05) is 78.1 Å². The Morgan fingerprint density at radius 3 is 1.89 bits per heavy atom. The zero-order valence-corrected chi connectivity index (χ0v) is 22.7. The van der Waals surface area contributed by atoms with Crippen LogP contribution in [0, 0.1) is 0 Å². The zero-order chi connectivity index (χ0) is 26.6. The normalized spacial score (nSPS) is 11.0. The highest BCUT2D eigenvalue weighted by Gasteiger charge is 2.09. The Bertz CT molecular complexity index is 923. The van der Waals surface area contributed by atoms with Crippen LogP contribution in [0.3, 0.4) is 0 Å². The van der Waals surface area contributed by atoms with Crippen molar-refractivity contribution in [3.63, 3.8) is 0 Å². The van der Waals surface area contributed by atoms with Gasteiger partial charge in [0.2, 0.25) is 5.91 Å². The van der Waals surface area contributed by atoms with E-state index >= 15 is 0 Å². The van der Waals surface area contributed by atoms with Crippen LogP contribution in [-0.2, 0) is 4.79 Å². The number of esters is 1. The van der Waals surface area contributed by atoms with Crippen molar-refractivity contribution in [3.05, 3.63) is 59.7 Å². The van der Waals surface area contributed by atoms with Gasteiger partial charge in [-0.2, -0.15) is 5.10 Å². The number of unbranched alkanes of at least 4 members (excludes halogenated alkanes) is 10. The molecular formula is C31H44N2O4. The van der Waals surface area contributed by atoms with Crippen LogP contribution < -0.4 is 14.9 Å². The van der Waals surface area contributed by atoms with Crippen molar-refractivity contribution < 1.29 is 19.1 Å². The first kappa shape index (κ1) is 30.1. The van der Waals surface area contributed by atoms with Gasteiger partial charge in [-0.05, 0) is 66.9 Å². The fourth-order valence-electron chi connectivity index (χ4n) is 3.88. The Balaban J connectivity index is 1.58. The van der Waals surface area contributed by atoms with E-state index < -0.39 is 5.97 Å². The number of carbonyl (C=O) groups is 2. The van der Waals surface area contributed by atoms with E-state index in [-0.39, 0.29) is 5.91 Å². The van der Waals surface area contributed by atoms with Gasteiger partial charge in [-0.25, -0.2) is 10.2 Å². The minimum Gasteiger partial charge on any atom is -0.494 e. The Morgan fingerprint density at radius 1 is 0.730 bits per heavy atom. The average Bonchev–Trinajstić information content (AvgIpc) is 2.91. The summed E-state index contributed by atoms with van der Waals surface area (Å²) in [6.07, 6.45) is 16.9. The van der Waals surface area contributed by atoms with Crippen LogP contribution in [0.4, 0.5) is 0 Å². The topological polar surface area (TPSA) is 77.0 Å². The van der Waals surface area contributed by atoms with Crippen molar-refractivity contribution >= 4 is 18.1 Å². The highest BCUT2D eigenvalue weighted by atomic mass is 16.5. The van der Waals surface area contributed by atoms with E-state index in [1.807, 2.05) is 6.92 Å². The molecule has 2 aromatic rings. The van der Waals surface area contributed by atoms with E-state index in [9.17, 15) is 9.59 Å². The van der Waals surface area contributed by atoms with E-state index in [0.717, 1.165) is 30.6 Å². The van der Waals surface area contributed by atoms with E-state index in [1.165, 1.54) is 57.8 Å². The van der Waals surface area contributed by atoms with Crippen molar-refractivity contribution in [1.82, 2.24) is 5.43 Å². The summed E-state index contributed by atoms with van der Waals surface area (Å²) in [6, 6.07) is 13.9. The van der Waals surface area contributed by atoms with Gasteiger partial charge in [-0.3, -0.25) is 4.79 Å². The highest BCUT2D eigenvalue weighted by molar-refractivity contribution is 5.91. The van der Waals surface area contributed by atoms with Crippen molar-refractivity contribution in [2.45, 2.75) is 97.3 Å². The molecule has 37 heavy (non-hydrogen) atoms. The molecule has 0 atom stereocenters. The van der Waals surface area contributed by atoms with Gasteiger partial charge in [0.15, 0.2) is 0 Å². The number of nitrogens with one attached hydrogen (secondary N) is 1. The lowest BCUT2D eigenvalue weighted by Gasteiger charge is -2.07.